The van der Waals surface area contributed by atoms with Crippen LogP contribution in [0.25, 0.3) is 10.9 Å². The first-order chi connectivity index (χ1) is 10.3. The van der Waals surface area contributed by atoms with Crippen molar-refractivity contribution in [3.05, 3.63) is 36.0 Å². The van der Waals surface area contributed by atoms with Crippen LogP contribution in [0.15, 0.2) is 30.5 Å². The Morgan fingerprint density at radius 1 is 1.29 bits per heavy atom. The standard InChI is InChI=1S/C16H19N3O2/c20-14(5-9-19-10-7-17-8-11-19)12-3-4-15(21)16-13(12)2-1-6-18-16/h1-4,6,17,21H,5,7-11H2. The number of aromatic hydroxyl groups is 1. The van der Waals surface area contributed by atoms with Crippen molar-refractivity contribution in [1.29, 1.82) is 0 Å². The number of nitrogens with one attached hydrogen (secondary N) is 1. The fourth-order valence-electron chi connectivity index (χ4n) is 2.73. The molecule has 21 heavy (non-hydrogen) atoms. The molecule has 2 aromatic rings. The van der Waals surface area contributed by atoms with E-state index in [1.807, 2.05) is 6.07 Å². The highest BCUT2D eigenvalue weighted by molar-refractivity contribution is 6.08. The first-order valence-electron chi connectivity index (χ1n) is 7.28. The van der Waals surface area contributed by atoms with Crippen molar-refractivity contribution in [3.8, 4) is 5.75 Å². The monoisotopic (exact) mass is 285 g/mol. The van der Waals surface area contributed by atoms with Gasteiger partial charge in [-0.15, -0.1) is 0 Å². The smallest absolute Gasteiger partial charge is 0.164 e. The molecule has 1 fully saturated rings. The van der Waals surface area contributed by atoms with Crippen LogP contribution in [0.5, 0.6) is 5.75 Å². The number of phenolic OH excluding ortho intramolecular Hbond substituents is 1. The summed E-state index contributed by atoms with van der Waals surface area (Å²) >= 11 is 0. The number of hydrogen-bond acceptors (Lipinski definition) is 5. The number of benzene rings is 1. The zero-order valence-electron chi connectivity index (χ0n) is 11.9. The lowest BCUT2D eigenvalue weighted by atomic mass is 10.0. The number of nitrogens with zero attached hydrogens (tertiary/aromatic N) is 2. The Bertz CT molecular complexity index is 651. The summed E-state index contributed by atoms with van der Waals surface area (Å²) in [6, 6.07) is 6.86. The number of fused-ring (bicyclic) bond motifs is 1. The zero-order valence-corrected chi connectivity index (χ0v) is 11.9. The van der Waals surface area contributed by atoms with Crippen molar-refractivity contribution in [2.24, 2.45) is 0 Å². The Hall–Kier alpha value is -1.98. The average molecular weight is 285 g/mol. The molecule has 5 heteroatoms. The number of piperazine rings is 1. The van der Waals surface area contributed by atoms with Gasteiger partial charge in [0.25, 0.3) is 0 Å². The van der Waals surface area contributed by atoms with Gasteiger partial charge in [0.15, 0.2) is 5.78 Å². The number of ketones is 1. The maximum Gasteiger partial charge on any atom is 0.164 e. The largest absolute Gasteiger partial charge is 0.506 e. The molecule has 0 spiro atoms. The van der Waals surface area contributed by atoms with E-state index in [0.717, 1.165) is 38.1 Å². The number of pyridine rings is 1. The van der Waals surface area contributed by atoms with Crippen LogP contribution in [0.3, 0.4) is 0 Å². The Labute approximate surface area is 123 Å². The van der Waals surface area contributed by atoms with E-state index in [1.54, 1.807) is 24.4 Å². The number of aromatic nitrogens is 1. The Kier molecular flexibility index (Phi) is 4.13. The van der Waals surface area contributed by atoms with Gasteiger partial charge in [0, 0.05) is 56.3 Å². The fourth-order valence-corrected chi connectivity index (χ4v) is 2.73. The highest BCUT2D eigenvalue weighted by Gasteiger charge is 2.15. The van der Waals surface area contributed by atoms with Gasteiger partial charge in [-0.25, -0.2) is 0 Å². The quantitative estimate of drug-likeness (QED) is 0.832. The van der Waals surface area contributed by atoms with Crippen LogP contribution >= 0.6 is 0 Å². The minimum Gasteiger partial charge on any atom is -0.506 e. The SMILES string of the molecule is O=C(CCN1CCNCC1)c1ccc(O)c2ncccc12. The zero-order chi connectivity index (χ0) is 14.7. The van der Waals surface area contributed by atoms with Crippen molar-refractivity contribution < 1.29 is 9.90 Å². The summed E-state index contributed by atoms with van der Waals surface area (Å²) in [4.78, 5) is 18.9. The Morgan fingerprint density at radius 3 is 2.90 bits per heavy atom. The molecule has 1 saturated heterocycles. The number of phenols is 1. The van der Waals surface area contributed by atoms with E-state index in [1.165, 1.54) is 0 Å². The van der Waals surface area contributed by atoms with E-state index >= 15 is 0 Å². The van der Waals surface area contributed by atoms with Gasteiger partial charge < -0.3 is 15.3 Å². The van der Waals surface area contributed by atoms with Gasteiger partial charge in [0.05, 0.1) is 0 Å². The summed E-state index contributed by atoms with van der Waals surface area (Å²) in [6.07, 6.45) is 2.12. The molecule has 1 aliphatic rings. The van der Waals surface area contributed by atoms with Crippen molar-refractivity contribution in [3.63, 3.8) is 0 Å². The lowest BCUT2D eigenvalue weighted by molar-refractivity contribution is 0.0962. The van der Waals surface area contributed by atoms with Gasteiger partial charge >= 0.3 is 0 Å². The number of carbonyl (C=O) groups is 1. The molecule has 0 unspecified atom stereocenters. The van der Waals surface area contributed by atoms with E-state index < -0.39 is 0 Å². The van der Waals surface area contributed by atoms with E-state index in [0.29, 0.717) is 17.5 Å². The molecule has 0 atom stereocenters. The molecule has 0 radical (unpaired) electrons. The van der Waals surface area contributed by atoms with Crippen LogP contribution in [0.4, 0.5) is 0 Å². The molecule has 0 aliphatic carbocycles. The van der Waals surface area contributed by atoms with E-state index in [2.05, 4.69) is 15.2 Å². The molecule has 3 rings (SSSR count). The number of rotatable bonds is 4. The van der Waals surface area contributed by atoms with E-state index in [-0.39, 0.29) is 11.5 Å². The topological polar surface area (TPSA) is 65.5 Å². The average Bonchev–Trinajstić information content (AvgIpc) is 2.54. The Morgan fingerprint density at radius 2 is 2.10 bits per heavy atom. The number of Topliss-reactive ketones (excluding diaryl/α,β-unsaturated/α-hetero) is 1. The summed E-state index contributed by atoms with van der Waals surface area (Å²) in [5.74, 6) is 0.218. The van der Waals surface area contributed by atoms with Crippen molar-refractivity contribution in [1.82, 2.24) is 15.2 Å². The van der Waals surface area contributed by atoms with Crippen LogP contribution in [-0.2, 0) is 0 Å². The molecule has 1 aromatic carbocycles. The van der Waals surface area contributed by atoms with Gasteiger partial charge in [-0.2, -0.15) is 0 Å². The highest BCUT2D eigenvalue weighted by atomic mass is 16.3. The van der Waals surface area contributed by atoms with Crippen LogP contribution < -0.4 is 5.32 Å². The molecular weight excluding hydrogens is 266 g/mol. The number of carbonyl (C=O) groups excluding carboxylic acids is 1. The second-order valence-corrected chi connectivity index (χ2v) is 5.30. The number of hydrogen-bond donors (Lipinski definition) is 2. The van der Waals surface area contributed by atoms with Crippen LogP contribution in [0, 0.1) is 0 Å². The molecular formula is C16H19N3O2. The normalized spacial score (nSPS) is 16.2. The predicted molar refractivity (Wildman–Crippen MR) is 81.7 cm³/mol. The van der Waals surface area contributed by atoms with Crippen molar-refractivity contribution in [2.45, 2.75) is 6.42 Å². The molecule has 0 bridgehead atoms. The lowest BCUT2D eigenvalue weighted by Gasteiger charge is -2.26. The van der Waals surface area contributed by atoms with Gasteiger partial charge in [-0.05, 0) is 18.2 Å². The van der Waals surface area contributed by atoms with Crippen molar-refractivity contribution in [2.75, 3.05) is 32.7 Å². The van der Waals surface area contributed by atoms with Gasteiger partial charge in [-0.3, -0.25) is 9.78 Å². The van der Waals surface area contributed by atoms with Crippen molar-refractivity contribution >= 4 is 16.7 Å². The minimum atomic E-state index is 0.103. The van der Waals surface area contributed by atoms with Gasteiger partial charge in [0.1, 0.15) is 11.3 Å². The fraction of sp³-hybridized carbons (Fsp3) is 0.375. The maximum atomic E-state index is 12.5. The maximum absolute atomic E-state index is 12.5. The first kappa shape index (κ1) is 14.0. The summed E-state index contributed by atoms with van der Waals surface area (Å²) in [5, 5.41) is 13.8. The molecule has 110 valence electrons. The molecule has 0 saturated carbocycles. The summed E-state index contributed by atoms with van der Waals surface area (Å²) in [6.45, 7) is 4.74. The molecule has 2 heterocycles. The molecule has 5 nitrogen and oxygen atoms in total. The second-order valence-electron chi connectivity index (χ2n) is 5.30. The molecule has 2 N–H and O–H groups in total. The van der Waals surface area contributed by atoms with Gasteiger partial charge in [0.2, 0.25) is 0 Å². The minimum absolute atomic E-state index is 0.103. The van der Waals surface area contributed by atoms with E-state index in [9.17, 15) is 9.90 Å². The summed E-state index contributed by atoms with van der Waals surface area (Å²) < 4.78 is 0. The van der Waals surface area contributed by atoms with Gasteiger partial charge in [-0.1, -0.05) is 6.07 Å². The van der Waals surface area contributed by atoms with Crippen LogP contribution in [0.2, 0.25) is 0 Å². The Balaban J connectivity index is 1.77. The second kappa shape index (κ2) is 6.20. The predicted octanol–water partition coefficient (Wildman–Crippen LogP) is 1.42. The highest BCUT2D eigenvalue weighted by Crippen LogP contribution is 2.26. The third kappa shape index (κ3) is 3.04. The summed E-state index contributed by atoms with van der Waals surface area (Å²) in [5.41, 5.74) is 1.14. The first-order valence-corrected chi connectivity index (χ1v) is 7.28. The van der Waals surface area contributed by atoms with E-state index in [4.69, 9.17) is 0 Å². The third-order valence-electron chi connectivity index (χ3n) is 3.91. The molecule has 1 aromatic heterocycles. The molecule has 0 amide bonds. The summed E-state index contributed by atoms with van der Waals surface area (Å²) in [7, 11) is 0. The lowest BCUT2D eigenvalue weighted by Crippen LogP contribution is -2.44. The van der Waals surface area contributed by atoms with Crippen LogP contribution in [-0.4, -0.2) is 53.5 Å². The molecule has 1 aliphatic heterocycles. The van der Waals surface area contributed by atoms with Crippen LogP contribution in [0.1, 0.15) is 16.8 Å². The third-order valence-corrected chi connectivity index (χ3v) is 3.91.